The Kier molecular flexibility index (Phi) is 6.53. The molecule has 1 fully saturated rings. The van der Waals surface area contributed by atoms with Crippen LogP contribution in [0.2, 0.25) is 0 Å². The fourth-order valence-electron chi connectivity index (χ4n) is 4.52. The number of nitrogens with zero attached hydrogens (tertiary/aromatic N) is 2. The van der Waals surface area contributed by atoms with E-state index in [1.54, 1.807) is 0 Å². The summed E-state index contributed by atoms with van der Waals surface area (Å²) in [6.45, 7) is 8.87. The van der Waals surface area contributed by atoms with Gasteiger partial charge in [0.25, 0.3) is 0 Å². The zero-order valence-corrected chi connectivity index (χ0v) is 18.2. The number of nitrogens with one attached hydrogen (secondary N) is 1. The lowest BCUT2D eigenvalue weighted by molar-refractivity contribution is -0.126. The second kappa shape index (κ2) is 9.48. The van der Waals surface area contributed by atoms with Crippen LogP contribution in [0.1, 0.15) is 43.0 Å². The van der Waals surface area contributed by atoms with E-state index in [4.69, 9.17) is 0 Å². The maximum absolute atomic E-state index is 12.3. The molecule has 1 aliphatic heterocycles. The van der Waals surface area contributed by atoms with Crippen LogP contribution in [0, 0.1) is 12.8 Å². The molecule has 4 heteroatoms. The number of para-hydroxylation sites is 1. The van der Waals surface area contributed by atoms with Crippen LogP contribution < -0.4 is 5.32 Å². The zero-order chi connectivity index (χ0) is 20.9. The molecule has 3 aromatic rings. The zero-order valence-electron chi connectivity index (χ0n) is 18.2. The van der Waals surface area contributed by atoms with Gasteiger partial charge in [0, 0.05) is 36.8 Å². The third-order valence-electron chi connectivity index (χ3n) is 6.38. The number of hydrogen-bond donors (Lipinski definition) is 1. The first-order valence-electron chi connectivity index (χ1n) is 11.3. The summed E-state index contributed by atoms with van der Waals surface area (Å²) >= 11 is 0. The summed E-state index contributed by atoms with van der Waals surface area (Å²) in [5.74, 6) is 0.413. The third-order valence-corrected chi connectivity index (χ3v) is 6.38. The highest BCUT2D eigenvalue weighted by Crippen LogP contribution is 2.25. The summed E-state index contributed by atoms with van der Waals surface area (Å²) in [7, 11) is 0. The lowest BCUT2D eigenvalue weighted by atomic mass is 9.96. The summed E-state index contributed by atoms with van der Waals surface area (Å²) in [4.78, 5) is 14.8. The normalized spacial score (nSPS) is 15.5. The molecular weight excluding hydrogens is 370 g/mol. The maximum atomic E-state index is 12.3. The van der Waals surface area contributed by atoms with Gasteiger partial charge >= 0.3 is 0 Å². The van der Waals surface area contributed by atoms with Crippen LogP contribution in [0.5, 0.6) is 0 Å². The van der Waals surface area contributed by atoms with E-state index in [0.717, 1.165) is 52.0 Å². The lowest BCUT2D eigenvalue weighted by Crippen LogP contribution is -2.40. The molecule has 0 radical (unpaired) electrons. The first kappa shape index (κ1) is 20.7. The van der Waals surface area contributed by atoms with Gasteiger partial charge in [-0.2, -0.15) is 0 Å². The lowest BCUT2D eigenvalue weighted by Gasteiger charge is -2.31. The molecule has 1 aliphatic rings. The fraction of sp³-hybridized carbons (Fsp3) is 0.423. The van der Waals surface area contributed by atoms with Crippen LogP contribution in [0.25, 0.3) is 10.9 Å². The van der Waals surface area contributed by atoms with Crippen LogP contribution in [0.15, 0.2) is 54.6 Å². The second-order valence-corrected chi connectivity index (χ2v) is 8.55. The van der Waals surface area contributed by atoms with Crippen LogP contribution in [0.3, 0.4) is 0 Å². The fourth-order valence-corrected chi connectivity index (χ4v) is 4.52. The standard InChI is InChI=1S/C26H33N3O/c1-3-14-27-26(30)21-12-15-28(16-13-21)19-24-17-22-9-6-7-11-25(22)29(24)18-23-10-5-4-8-20(23)2/h4-11,17,21H,3,12-16,18-19H2,1-2H3,(H,27,30). The Morgan fingerprint density at radius 1 is 1.03 bits per heavy atom. The molecule has 0 bridgehead atoms. The molecule has 1 aromatic heterocycles. The molecule has 2 aromatic carbocycles. The molecule has 1 N–H and O–H groups in total. The minimum absolute atomic E-state index is 0.172. The van der Waals surface area contributed by atoms with Gasteiger partial charge in [-0.25, -0.2) is 0 Å². The number of rotatable bonds is 7. The highest BCUT2D eigenvalue weighted by atomic mass is 16.1. The minimum atomic E-state index is 0.172. The number of benzene rings is 2. The van der Waals surface area contributed by atoms with E-state index >= 15 is 0 Å². The molecule has 1 saturated heterocycles. The SMILES string of the molecule is CCCNC(=O)C1CCN(Cc2cc3ccccc3n2Cc2ccccc2C)CC1. The quantitative estimate of drug-likeness (QED) is 0.619. The maximum Gasteiger partial charge on any atom is 0.223 e. The number of hydrogen-bond acceptors (Lipinski definition) is 2. The van der Waals surface area contributed by atoms with Gasteiger partial charge in [-0.05, 0) is 67.9 Å². The molecular formula is C26H33N3O. The van der Waals surface area contributed by atoms with Crippen LogP contribution in [-0.4, -0.2) is 35.0 Å². The molecule has 0 atom stereocenters. The molecule has 0 spiro atoms. The summed E-state index contributed by atoms with van der Waals surface area (Å²) in [6.07, 6.45) is 2.90. The Bertz CT molecular complexity index is 998. The van der Waals surface area contributed by atoms with Crippen molar-refractivity contribution in [2.24, 2.45) is 5.92 Å². The smallest absolute Gasteiger partial charge is 0.223 e. The Morgan fingerprint density at radius 2 is 1.77 bits per heavy atom. The van der Waals surface area contributed by atoms with Gasteiger partial charge in [0.15, 0.2) is 0 Å². The van der Waals surface area contributed by atoms with Gasteiger partial charge in [-0.15, -0.1) is 0 Å². The van der Waals surface area contributed by atoms with E-state index in [0.29, 0.717) is 0 Å². The molecule has 0 saturated carbocycles. The largest absolute Gasteiger partial charge is 0.356 e. The van der Waals surface area contributed by atoms with E-state index < -0.39 is 0 Å². The third kappa shape index (κ3) is 4.59. The van der Waals surface area contributed by atoms with Gasteiger partial charge in [-0.3, -0.25) is 9.69 Å². The van der Waals surface area contributed by atoms with E-state index in [9.17, 15) is 4.79 Å². The predicted molar refractivity (Wildman–Crippen MR) is 124 cm³/mol. The van der Waals surface area contributed by atoms with Crippen molar-refractivity contribution in [1.29, 1.82) is 0 Å². The molecule has 4 nitrogen and oxygen atoms in total. The minimum Gasteiger partial charge on any atom is -0.356 e. The first-order chi connectivity index (χ1) is 14.7. The van der Waals surface area contributed by atoms with Crippen molar-refractivity contribution in [3.63, 3.8) is 0 Å². The number of piperidine rings is 1. The topological polar surface area (TPSA) is 37.3 Å². The molecule has 4 rings (SSSR count). The summed E-state index contributed by atoms with van der Waals surface area (Å²) in [5, 5.41) is 4.37. The van der Waals surface area contributed by atoms with Crippen molar-refractivity contribution in [2.45, 2.75) is 46.2 Å². The van der Waals surface area contributed by atoms with Gasteiger partial charge < -0.3 is 9.88 Å². The predicted octanol–water partition coefficient (Wildman–Crippen LogP) is 4.74. The number of likely N-dealkylation sites (tertiary alicyclic amines) is 1. The van der Waals surface area contributed by atoms with Crippen molar-refractivity contribution in [1.82, 2.24) is 14.8 Å². The molecule has 1 amide bonds. The Hall–Kier alpha value is -2.59. The Morgan fingerprint density at radius 3 is 2.53 bits per heavy atom. The average molecular weight is 404 g/mol. The highest BCUT2D eigenvalue weighted by molar-refractivity contribution is 5.81. The van der Waals surface area contributed by atoms with Crippen LogP contribution in [0.4, 0.5) is 0 Å². The summed E-state index contributed by atoms with van der Waals surface area (Å²) in [6, 6.07) is 19.7. The number of amides is 1. The summed E-state index contributed by atoms with van der Waals surface area (Å²) < 4.78 is 2.47. The number of aryl methyl sites for hydroxylation is 1. The van der Waals surface area contributed by atoms with Crippen molar-refractivity contribution < 1.29 is 4.79 Å². The van der Waals surface area contributed by atoms with E-state index in [1.165, 1.54) is 27.7 Å². The van der Waals surface area contributed by atoms with Crippen molar-refractivity contribution in [2.75, 3.05) is 19.6 Å². The highest BCUT2D eigenvalue weighted by Gasteiger charge is 2.25. The average Bonchev–Trinajstić information content (AvgIpc) is 3.11. The monoisotopic (exact) mass is 403 g/mol. The first-order valence-corrected chi connectivity index (χ1v) is 11.3. The van der Waals surface area contributed by atoms with Crippen molar-refractivity contribution in [3.05, 3.63) is 71.4 Å². The van der Waals surface area contributed by atoms with Gasteiger partial charge in [0.2, 0.25) is 5.91 Å². The Balaban J connectivity index is 1.49. The van der Waals surface area contributed by atoms with Crippen molar-refractivity contribution >= 4 is 16.8 Å². The molecule has 0 aliphatic carbocycles. The number of fused-ring (bicyclic) bond motifs is 1. The summed E-state index contributed by atoms with van der Waals surface area (Å²) in [5.41, 5.74) is 5.35. The molecule has 30 heavy (non-hydrogen) atoms. The molecule has 2 heterocycles. The Labute approximate surface area is 179 Å². The van der Waals surface area contributed by atoms with Gasteiger partial charge in [0.1, 0.15) is 0 Å². The van der Waals surface area contributed by atoms with Gasteiger partial charge in [-0.1, -0.05) is 49.4 Å². The molecule has 158 valence electrons. The number of carbonyl (C=O) groups is 1. The number of carbonyl (C=O) groups excluding carboxylic acids is 1. The number of aromatic nitrogens is 1. The van der Waals surface area contributed by atoms with Crippen LogP contribution in [-0.2, 0) is 17.9 Å². The molecule has 0 unspecified atom stereocenters. The van der Waals surface area contributed by atoms with Gasteiger partial charge in [0.05, 0.1) is 0 Å². The second-order valence-electron chi connectivity index (χ2n) is 8.55. The van der Waals surface area contributed by atoms with E-state index in [2.05, 4.69) is 83.2 Å². The van der Waals surface area contributed by atoms with Crippen LogP contribution >= 0.6 is 0 Å². The van der Waals surface area contributed by atoms with E-state index in [1.807, 2.05) is 0 Å². The van der Waals surface area contributed by atoms with Crippen molar-refractivity contribution in [3.8, 4) is 0 Å². The van der Waals surface area contributed by atoms with E-state index in [-0.39, 0.29) is 11.8 Å².